The Hall–Kier alpha value is -2.67. The van der Waals surface area contributed by atoms with Crippen molar-refractivity contribution in [2.75, 3.05) is 85.5 Å². The average molecular weight is 764 g/mol. The van der Waals surface area contributed by atoms with Gasteiger partial charge < -0.3 is 18.9 Å². The Kier molecular flexibility index (Phi) is 10.8. The van der Waals surface area contributed by atoms with Gasteiger partial charge in [0, 0.05) is 77.7 Å². The molecular formula is C35H45N3O10S3. The number of hydrogen-bond donors (Lipinski definition) is 0. The van der Waals surface area contributed by atoms with E-state index in [4.69, 9.17) is 18.9 Å². The highest BCUT2D eigenvalue weighted by molar-refractivity contribution is 7.90. The van der Waals surface area contributed by atoms with Gasteiger partial charge in [-0.2, -0.15) is 12.9 Å². The van der Waals surface area contributed by atoms with Crippen LogP contribution in [-0.2, 0) is 44.3 Å². The molecule has 0 atom stereocenters. The van der Waals surface area contributed by atoms with Crippen molar-refractivity contribution in [3.05, 3.63) is 36.4 Å². The van der Waals surface area contributed by atoms with E-state index in [0.717, 1.165) is 32.1 Å². The van der Waals surface area contributed by atoms with Crippen molar-refractivity contribution in [2.45, 2.75) is 53.7 Å². The molecule has 4 aromatic rings. The molecule has 0 aliphatic carbocycles. The monoisotopic (exact) mass is 763 g/mol. The van der Waals surface area contributed by atoms with E-state index in [0.29, 0.717) is 44.7 Å². The van der Waals surface area contributed by atoms with E-state index in [2.05, 4.69) is 6.92 Å². The third-order valence-corrected chi connectivity index (χ3v) is 15.8. The minimum absolute atomic E-state index is 0.0197. The van der Waals surface area contributed by atoms with E-state index < -0.39 is 30.1 Å². The van der Waals surface area contributed by atoms with Gasteiger partial charge in [0.15, 0.2) is 0 Å². The molecule has 3 saturated heterocycles. The van der Waals surface area contributed by atoms with Crippen LogP contribution in [0.3, 0.4) is 0 Å². The van der Waals surface area contributed by atoms with Gasteiger partial charge in [-0.25, -0.2) is 25.3 Å². The number of benzene rings is 4. The number of rotatable bonds is 13. The summed E-state index contributed by atoms with van der Waals surface area (Å²) in [6, 6.07) is 9.53. The fourth-order valence-corrected chi connectivity index (χ4v) is 12.2. The SMILES string of the molecule is CCCCCCCOc1cc(S(=O)(=O)N2CCOCC2)c2ccc3c(S(=O)(=O)N4CCOCC4)cc(S(=O)(=O)N4CCOCC4)c4ccc1c2c43. The average Bonchev–Trinajstić information content (AvgIpc) is 3.16. The highest BCUT2D eigenvalue weighted by Gasteiger charge is 2.36. The lowest BCUT2D eigenvalue weighted by atomic mass is 9.93. The minimum Gasteiger partial charge on any atom is -0.493 e. The van der Waals surface area contributed by atoms with Gasteiger partial charge in [-0.3, -0.25) is 0 Å². The normalized spacial score (nSPS) is 19.4. The van der Waals surface area contributed by atoms with Crippen LogP contribution in [-0.4, -0.2) is 124 Å². The lowest BCUT2D eigenvalue weighted by molar-refractivity contribution is 0.0729. The second-order valence-corrected chi connectivity index (χ2v) is 18.8. The minimum atomic E-state index is -4.22. The van der Waals surface area contributed by atoms with Crippen molar-refractivity contribution in [3.8, 4) is 5.75 Å². The first-order valence-electron chi connectivity index (χ1n) is 17.7. The number of ether oxygens (including phenoxy) is 4. The van der Waals surface area contributed by atoms with Crippen molar-refractivity contribution in [3.63, 3.8) is 0 Å². The van der Waals surface area contributed by atoms with Crippen molar-refractivity contribution >= 4 is 62.4 Å². The lowest BCUT2D eigenvalue weighted by Crippen LogP contribution is -2.41. The van der Waals surface area contributed by atoms with E-state index in [1.807, 2.05) is 0 Å². The Morgan fingerprint density at radius 2 is 0.902 bits per heavy atom. The third-order valence-electron chi connectivity index (χ3n) is 10.0. The fraction of sp³-hybridized carbons (Fsp3) is 0.543. The first-order valence-corrected chi connectivity index (χ1v) is 22.0. The molecule has 0 radical (unpaired) electrons. The van der Waals surface area contributed by atoms with Gasteiger partial charge in [0.2, 0.25) is 30.1 Å². The van der Waals surface area contributed by atoms with E-state index in [1.54, 1.807) is 30.3 Å². The zero-order chi connectivity index (χ0) is 35.8. The second-order valence-electron chi connectivity index (χ2n) is 13.1. The molecule has 4 aromatic carbocycles. The van der Waals surface area contributed by atoms with Crippen molar-refractivity contribution < 1.29 is 44.2 Å². The zero-order valence-corrected chi connectivity index (χ0v) is 31.3. The maximum atomic E-state index is 14.4. The van der Waals surface area contributed by atoms with Gasteiger partial charge in [0.05, 0.1) is 60.9 Å². The maximum Gasteiger partial charge on any atom is 0.243 e. The van der Waals surface area contributed by atoms with Gasteiger partial charge in [-0.05, 0) is 18.6 Å². The van der Waals surface area contributed by atoms with E-state index in [9.17, 15) is 25.3 Å². The molecule has 0 amide bonds. The summed E-state index contributed by atoms with van der Waals surface area (Å²) in [5.41, 5.74) is 0. The Morgan fingerprint density at radius 3 is 1.33 bits per heavy atom. The molecule has 3 heterocycles. The maximum absolute atomic E-state index is 14.4. The molecule has 278 valence electrons. The first kappa shape index (κ1) is 36.7. The molecule has 16 heteroatoms. The summed E-state index contributed by atoms with van der Waals surface area (Å²) in [5, 5.41) is 2.36. The molecule has 0 N–H and O–H groups in total. The van der Waals surface area contributed by atoms with Crippen LogP contribution in [0.15, 0.2) is 51.1 Å². The largest absolute Gasteiger partial charge is 0.493 e. The molecule has 3 aliphatic rings. The predicted octanol–water partition coefficient (Wildman–Crippen LogP) is 4.00. The molecule has 0 spiro atoms. The van der Waals surface area contributed by atoms with Crippen LogP contribution < -0.4 is 4.74 Å². The summed E-state index contributed by atoms with van der Waals surface area (Å²) in [6.45, 7) is 4.73. The second kappa shape index (κ2) is 15.0. The summed E-state index contributed by atoms with van der Waals surface area (Å²) >= 11 is 0. The zero-order valence-electron chi connectivity index (χ0n) is 28.8. The van der Waals surface area contributed by atoms with Crippen molar-refractivity contribution in [1.29, 1.82) is 0 Å². The number of hydrogen-bond acceptors (Lipinski definition) is 10. The molecule has 51 heavy (non-hydrogen) atoms. The fourth-order valence-electron chi connectivity index (χ4n) is 7.29. The molecule has 3 fully saturated rings. The quantitative estimate of drug-likeness (QED) is 0.145. The van der Waals surface area contributed by atoms with Crippen LogP contribution in [0.2, 0.25) is 0 Å². The van der Waals surface area contributed by atoms with Gasteiger partial charge in [0.1, 0.15) is 5.75 Å². The molecule has 0 unspecified atom stereocenters. The Labute approximate surface area is 299 Å². The van der Waals surface area contributed by atoms with Crippen LogP contribution in [0, 0.1) is 0 Å². The summed E-state index contributed by atoms with van der Waals surface area (Å²) in [4.78, 5) is -0.290. The molecule has 13 nitrogen and oxygen atoms in total. The summed E-state index contributed by atoms with van der Waals surface area (Å²) in [5.74, 6) is 0.346. The Balaban J connectivity index is 1.51. The number of sulfonamides is 3. The topological polar surface area (TPSA) is 149 Å². The molecule has 3 aliphatic heterocycles. The van der Waals surface area contributed by atoms with Crippen LogP contribution in [0.1, 0.15) is 39.0 Å². The summed E-state index contributed by atoms with van der Waals surface area (Å²) in [7, 11) is -12.5. The predicted molar refractivity (Wildman–Crippen MR) is 193 cm³/mol. The van der Waals surface area contributed by atoms with E-state index >= 15 is 0 Å². The molecule has 0 aromatic heterocycles. The van der Waals surface area contributed by atoms with Crippen molar-refractivity contribution in [1.82, 2.24) is 12.9 Å². The van der Waals surface area contributed by atoms with Gasteiger partial charge >= 0.3 is 0 Å². The molecule has 0 bridgehead atoms. The third kappa shape index (κ3) is 6.83. The van der Waals surface area contributed by atoms with Gasteiger partial charge in [-0.1, -0.05) is 50.8 Å². The molecular weight excluding hydrogens is 719 g/mol. The van der Waals surface area contributed by atoms with Crippen LogP contribution in [0.4, 0.5) is 0 Å². The van der Waals surface area contributed by atoms with E-state index in [1.165, 1.54) is 19.0 Å². The smallest absolute Gasteiger partial charge is 0.243 e. The Bertz CT molecular complexity index is 2140. The van der Waals surface area contributed by atoms with Crippen LogP contribution >= 0.6 is 0 Å². The number of nitrogens with zero attached hydrogens (tertiary/aromatic N) is 3. The number of unbranched alkanes of at least 4 members (excludes halogenated alkanes) is 4. The highest BCUT2D eigenvalue weighted by atomic mass is 32.2. The number of morpholine rings is 3. The van der Waals surface area contributed by atoms with Gasteiger partial charge in [0.25, 0.3) is 0 Å². The summed E-state index contributed by atoms with van der Waals surface area (Å²) < 4.78 is 113. The van der Waals surface area contributed by atoms with Crippen molar-refractivity contribution in [2.24, 2.45) is 0 Å². The molecule has 0 saturated carbocycles. The van der Waals surface area contributed by atoms with E-state index in [-0.39, 0.29) is 93.6 Å². The van der Waals surface area contributed by atoms with Gasteiger partial charge in [-0.15, -0.1) is 0 Å². The Morgan fingerprint density at radius 1 is 0.529 bits per heavy atom. The van der Waals surface area contributed by atoms with Crippen LogP contribution in [0.5, 0.6) is 5.75 Å². The highest BCUT2D eigenvalue weighted by Crippen LogP contribution is 2.46. The standard InChI is InChI=1S/C35H45N3O10S3/c1-2-3-4-5-6-17-48-30-24-31(49(39,40)36-11-18-45-19-12-36)27-9-10-29-33(51(43,44)38-15-22-47-23-16-38)25-32(28-8-7-26(30)34(27)35(28)29)50(41,42)37-13-20-46-21-14-37/h7-10,24-25H,2-6,11-23H2,1H3. The van der Waals surface area contributed by atoms with Crippen LogP contribution in [0.25, 0.3) is 32.3 Å². The first-order chi connectivity index (χ1) is 24.6. The molecule has 7 rings (SSSR count). The lowest BCUT2D eigenvalue weighted by Gasteiger charge is -2.30. The summed E-state index contributed by atoms with van der Waals surface area (Å²) in [6.07, 6.45) is 5.02.